The van der Waals surface area contributed by atoms with Gasteiger partial charge in [-0.1, -0.05) is 13.8 Å². The molecule has 2 N–H and O–H groups in total. The van der Waals surface area contributed by atoms with E-state index < -0.39 is 0 Å². The van der Waals surface area contributed by atoms with Crippen molar-refractivity contribution in [1.29, 1.82) is 0 Å². The molecule has 1 aromatic heterocycles. The minimum absolute atomic E-state index is 0.832. The molecule has 0 amide bonds. The van der Waals surface area contributed by atoms with Crippen molar-refractivity contribution in [1.82, 2.24) is 9.97 Å². The van der Waals surface area contributed by atoms with Crippen LogP contribution in [0.2, 0.25) is 0 Å². The van der Waals surface area contributed by atoms with Gasteiger partial charge in [-0.2, -0.15) is 0 Å². The van der Waals surface area contributed by atoms with Crippen LogP contribution in [0.15, 0.2) is 6.07 Å². The van der Waals surface area contributed by atoms with Gasteiger partial charge in [-0.3, -0.25) is 0 Å². The number of hydrogen-bond acceptors (Lipinski definition) is 4. The van der Waals surface area contributed by atoms with E-state index in [1.807, 2.05) is 13.1 Å². The van der Waals surface area contributed by atoms with Crippen LogP contribution in [0.1, 0.15) is 26.1 Å². The average Bonchev–Trinajstić information content (AvgIpc) is 3.02. The van der Waals surface area contributed by atoms with E-state index in [0.717, 1.165) is 42.3 Å². The molecule has 0 bridgehead atoms. The van der Waals surface area contributed by atoms with E-state index in [0.29, 0.717) is 0 Å². The molecule has 16 heavy (non-hydrogen) atoms. The number of nitrogens with one attached hydrogen (secondary N) is 2. The number of hydrogen-bond donors (Lipinski definition) is 2. The zero-order valence-corrected chi connectivity index (χ0v) is 10.2. The summed E-state index contributed by atoms with van der Waals surface area (Å²) < 4.78 is 0. The van der Waals surface area contributed by atoms with Crippen LogP contribution in [-0.4, -0.2) is 23.6 Å². The lowest BCUT2D eigenvalue weighted by molar-refractivity contribution is 0.782. The number of rotatable bonds is 5. The Morgan fingerprint density at radius 3 is 2.62 bits per heavy atom. The first kappa shape index (κ1) is 11.2. The summed E-state index contributed by atoms with van der Waals surface area (Å²) in [5, 5.41) is 6.46. The SMILES string of the molecule is CCc1nc(NC)cc(NCC2CC2C)n1. The smallest absolute Gasteiger partial charge is 0.132 e. The van der Waals surface area contributed by atoms with Gasteiger partial charge in [-0.25, -0.2) is 9.97 Å². The number of anilines is 2. The van der Waals surface area contributed by atoms with Gasteiger partial charge in [0, 0.05) is 26.1 Å². The summed E-state index contributed by atoms with van der Waals surface area (Å²) in [4.78, 5) is 8.83. The molecule has 0 radical (unpaired) electrons. The van der Waals surface area contributed by atoms with E-state index in [-0.39, 0.29) is 0 Å². The third-order valence-corrected chi connectivity index (χ3v) is 3.17. The van der Waals surface area contributed by atoms with E-state index in [1.165, 1.54) is 6.42 Å². The van der Waals surface area contributed by atoms with E-state index >= 15 is 0 Å². The molecule has 88 valence electrons. The van der Waals surface area contributed by atoms with Crippen LogP contribution in [0.25, 0.3) is 0 Å². The van der Waals surface area contributed by atoms with Gasteiger partial charge in [0.05, 0.1) is 0 Å². The molecule has 1 aromatic rings. The van der Waals surface area contributed by atoms with Crippen LogP contribution in [0, 0.1) is 11.8 Å². The van der Waals surface area contributed by atoms with Gasteiger partial charge in [0.2, 0.25) is 0 Å². The molecule has 1 aliphatic carbocycles. The van der Waals surface area contributed by atoms with Gasteiger partial charge >= 0.3 is 0 Å². The van der Waals surface area contributed by atoms with Crippen LogP contribution < -0.4 is 10.6 Å². The predicted molar refractivity (Wildman–Crippen MR) is 66.7 cm³/mol. The molecule has 4 heteroatoms. The van der Waals surface area contributed by atoms with Crippen molar-refractivity contribution in [2.45, 2.75) is 26.7 Å². The highest BCUT2D eigenvalue weighted by Gasteiger charge is 2.31. The molecule has 0 saturated heterocycles. The van der Waals surface area contributed by atoms with Gasteiger partial charge in [0.15, 0.2) is 0 Å². The van der Waals surface area contributed by atoms with Crippen molar-refractivity contribution in [3.8, 4) is 0 Å². The molecule has 0 spiro atoms. The van der Waals surface area contributed by atoms with Gasteiger partial charge in [0.25, 0.3) is 0 Å². The van der Waals surface area contributed by atoms with Gasteiger partial charge in [-0.15, -0.1) is 0 Å². The lowest BCUT2D eigenvalue weighted by atomic mass is 10.3. The molecule has 1 fully saturated rings. The van der Waals surface area contributed by atoms with E-state index in [1.54, 1.807) is 0 Å². The third kappa shape index (κ3) is 2.62. The van der Waals surface area contributed by atoms with Crippen LogP contribution in [0.5, 0.6) is 0 Å². The number of aromatic nitrogens is 2. The normalized spacial score (nSPS) is 22.9. The molecule has 1 saturated carbocycles. The fraction of sp³-hybridized carbons (Fsp3) is 0.667. The Balaban J connectivity index is 2.01. The highest BCUT2D eigenvalue weighted by Crippen LogP contribution is 2.37. The molecule has 0 aromatic carbocycles. The van der Waals surface area contributed by atoms with Crippen molar-refractivity contribution in [2.24, 2.45) is 11.8 Å². The lowest BCUT2D eigenvalue weighted by Gasteiger charge is -2.08. The highest BCUT2D eigenvalue weighted by molar-refractivity contribution is 5.47. The van der Waals surface area contributed by atoms with Gasteiger partial charge in [-0.05, 0) is 18.3 Å². The summed E-state index contributed by atoms with van der Waals surface area (Å²) in [6.45, 7) is 5.40. The monoisotopic (exact) mass is 220 g/mol. The molecule has 2 atom stereocenters. The first-order chi connectivity index (χ1) is 7.72. The fourth-order valence-electron chi connectivity index (χ4n) is 1.79. The predicted octanol–water partition coefficient (Wildman–Crippen LogP) is 2.15. The standard InChI is InChI=1S/C12H20N4/c1-4-10-15-11(13-3)6-12(16-10)14-7-9-5-8(9)2/h6,8-9H,4-5,7H2,1-3H3,(H2,13,14,15,16). The zero-order valence-electron chi connectivity index (χ0n) is 10.2. The molecule has 1 aliphatic rings. The molecular weight excluding hydrogens is 200 g/mol. The van der Waals surface area contributed by atoms with Crippen LogP contribution >= 0.6 is 0 Å². The zero-order chi connectivity index (χ0) is 11.5. The van der Waals surface area contributed by atoms with Crippen LogP contribution in [0.3, 0.4) is 0 Å². The Morgan fingerprint density at radius 1 is 1.38 bits per heavy atom. The molecule has 2 rings (SSSR count). The molecular formula is C12H20N4. The summed E-state index contributed by atoms with van der Waals surface area (Å²) in [5.41, 5.74) is 0. The topological polar surface area (TPSA) is 49.8 Å². The first-order valence-corrected chi connectivity index (χ1v) is 6.02. The maximum atomic E-state index is 4.46. The van der Waals surface area contributed by atoms with Gasteiger partial charge in [0.1, 0.15) is 17.5 Å². The summed E-state index contributed by atoms with van der Waals surface area (Å²) in [7, 11) is 1.88. The van der Waals surface area contributed by atoms with Crippen LogP contribution in [0.4, 0.5) is 11.6 Å². The second-order valence-electron chi connectivity index (χ2n) is 4.51. The van der Waals surface area contributed by atoms with Crippen molar-refractivity contribution in [3.05, 3.63) is 11.9 Å². The average molecular weight is 220 g/mol. The Hall–Kier alpha value is -1.32. The largest absolute Gasteiger partial charge is 0.373 e. The second kappa shape index (κ2) is 4.68. The first-order valence-electron chi connectivity index (χ1n) is 6.02. The molecule has 1 heterocycles. The minimum atomic E-state index is 0.832. The van der Waals surface area contributed by atoms with Crippen molar-refractivity contribution in [2.75, 3.05) is 24.2 Å². The summed E-state index contributed by atoms with van der Waals surface area (Å²) in [6.07, 6.45) is 2.21. The quantitative estimate of drug-likeness (QED) is 0.798. The fourth-order valence-corrected chi connectivity index (χ4v) is 1.79. The Kier molecular flexibility index (Phi) is 3.27. The van der Waals surface area contributed by atoms with Crippen LogP contribution in [-0.2, 0) is 6.42 Å². The molecule has 4 nitrogen and oxygen atoms in total. The summed E-state index contributed by atoms with van der Waals surface area (Å²) in [5.74, 6) is 4.42. The van der Waals surface area contributed by atoms with E-state index in [9.17, 15) is 0 Å². The second-order valence-corrected chi connectivity index (χ2v) is 4.51. The van der Waals surface area contributed by atoms with Crippen molar-refractivity contribution >= 4 is 11.6 Å². The van der Waals surface area contributed by atoms with Gasteiger partial charge < -0.3 is 10.6 Å². The number of nitrogens with zero attached hydrogens (tertiary/aromatic N) is 2. The molecule has 2 unspecified atom stereocenters. The Bertz CT molecular complexity index is 342. The van der Waals surface area contributed by atoms with Crippen molar-refractivity contribution in [3.63, 3.8) is 0 Å². The Morgan fingerprint density at radius 2 is 2.06 bits per heavy atom. The lowest BCUT2D eigenvalue weighted by Crippen LogP contribution is -2.09. The molecule has 0 aliphatic heterocycles. The number of aryl methyl sites for hydroxylation is 1. The highest BCUT2D eigenvalue weighted by atomic mass is 15.1. The maximum Gasteiger partial charge on any atom is 0.132 e. The van der Waals surface area contributed by atoms with E-state index in [4.69, 9.17) is 0 Å². The van der Waals surface area contributed by atoms with Crippen molar-refractivity contribution < 1.29 is 0 Å². The Labute approximate surface area is 96.9 Å². The summed E-state index contributed by atoms with van der Waals surface area (Å²) >= 11 is 0. The van der Waals surface area contributed by atoms with E-state index in [2.05, 4.69) is 34.4 Å². The maximum absolute atomic E-state index is 4.46. The minimum Gasteiger partial charge on any atom is -0.373 e. The summed E-state index contributed by atoms with van der Waals surface area (Å²) in [6, 6.07) is 1.96. The third-order valence-electron chi connectivity index (χ3n) is 3.17.